The SMILES string of the molecule is CCCc1nc(-c2ccc(Cl)cc2Br)nc(N)c1Br. The number of hydrogen-bond acceptors (Lipinski definition) is 3. The lowest BCUT2D eigenvalue weighted by Crippen LogP contribution is -2.03. The van der Waals surface area contributed by atoms with Crippen molar-refractivity contribution in [3.8, 4) is 11.4 Å². The van der Waals surface area contributed by atoms with Crippen molar-refractivity contribution in [1.82, 2.24) is 9.97 Å². The first kappa shape index (κ1) is 14.8. The van der Waals surface area contributed by atoms with Gasteiger partial charge in [-0.25, -0.2) is 9.97 Å². The zero-order valence-electron chi connectivity index (χ0n) is 10.3. The fourth-order valence-corrected chi connectivity index (χ4v) is 2.94. The van der Waals surface area contributed by atoms with Gasteiger partial charge in [0.15, 0.2) is 5.82 Å². The van der Waals surface area contributed by atoms with E-state index in [4.69, 9.17) is 17.3 Å². The second-order valence-corrected chi connectivity index (χ2v) is 6.15. The van der Waals surface area contributed by atoms with E-state index in [2.05, 4.69) is 48.8 Å². The molecule has 0 aliphatic heterocycles. The molecule has 0 aliphatic rings. The molecule has 0 bridgehead atoms. The summed E-state index contributed by atoms with van der Waals surface area (Å²) in [6.45, 7) is 2.10. The highest BCUT2D eigenvalue weighted by Gasteiger charge is 2.13. The molecular formula is C13H12Br2ClN3. The van der Waals surface area contributed by atoms with Gasteiger partial charge in [-0.1, -0.05) is 24.9 Å². The van der Waals surface area contributed by atoms with Crippen LogP contribution >= 0.6 is 43.5 Å². The minimum absolute atomic E-state index is 0.454. The van der Waals surface area contributed by atoms with Crippen molar-refractivity contribution in [3.63, 3.8) is 0 Å². The third-order valence-electron chi connectivity index (χ3n) is 2.60. The first-order valence-electron chi connectivity index (χ1n) is 5.80. The van der Waals surface area contributed by atoms with E-state index >= 15 is 0 Å². The Morgan fingerprint density at radius 1 is 1.26 bits per heavy atom. The topological polar surface area (TPSA) is 51.8 Å². The highest BCUT2D eigenvalue weighted by atomic mass is 79.9. The Labute approximate surface area is 133 Å². The zero-order chi connectivity index (χ0) is 14.0. The number of anilines is 1. The highest BCUT2D eigenvalue weighted by Crippen LogP contribution is 2.31. The Hall–Kier alpha value is -0.650. The standard InChI is InChI=1S/C13H12Br2ClN3/c1-2-3-10-11(15)12(17)19-13(18-10)8-5-4-7(16)6-9(8)14/h4-6H,2-3H2,1H3,(H2,17,18,19). The van der Waals surface area contributed by atoms with Crippen molar-refractivity contribution >= 4 is 49.3 Å². The largest absolute Gasteiger partial charge is 0.383 e. The smallest absolute Gasteiger partial charge is 0.162 e. The second kappa shape index (κ2) is 6.20. The lowest BCUT2D eigenvalue weighted by atomic mass is 10.2. The van der Waals surface area contributed by atoms with Crippen LogP contribution in [-0.4, -0.2) is 9.97 Å². The molecule has 0 saturated heterocycles. The van der Waals surface area contributed by atoms with Crippen LogP contribution in [0, 0.1) is 0 Å². The molecule has 1 aromatic carbocycles. The lowest BCUT2D eigenvalue weighted by Gasteiger charge is -2.09. The molecule has 0 aliphatic carbocycles. The molecule has 3 nitrogen and oxygen atoms in total. The van der Waals surface area contributed by atoms with Gasteiger partial charge in [-0.3, -0.25) is 0 Å². The number of hydrogen-bond donors (Lipinski definition) is 1. The van der Waals surface area contributed by atoms with Gasteiger partial charge in [0.25, 0.3) is 0 Å². The van der Waals surface area contributed by atoms with Crippen LogP contribution in [0.2, 0.25) is 5.02 Å². The predicted molar refractivity (Wildman–Crippen MR) is 86.3 cm³/mol. The first-order valence-corrected chi connectivity index (χ1v) is 7.76. The van der Waals surface area contributed by atoms with Crippen LogP contribution < -0.4 is 5.73 Å². The maximum absolute atomic E-state index is 5.94. The quantitative estimate of drug-likeness (QED) is 0.794. The summed E-state index contributed by atoms with van der Waals surface area (Å²) in [6, 6.07) is 5.51. The first-order chi connectivity index (χ1) is 9.02. The molecule has 2 aromatic rings. The van der Waals surface area contributed by atoms with Crippen LogP contribution in [0.25, 0.3) is 11.4 Å². The zero-order valence-corrected chi connectivity index (χ0v) is 14.2. The summed E-state index contributed by atoms with van der Waals surface area (Å²) in [4.78, 5) is 8.90. The van der Waals surface area contributed by atoms with E-state index in [1.54, 1.807) is 0 Å². The van der Waals surface area contributed by atoms with E-state index in [9.17, 15) is 0 Å². The van der Waals surface area contributed by atoms with Gasteiger partial charge in [-0.2, -0.15) is 0 Å². The van der Waals surface area contributed by atoms with E-state index in [1.165, 1.54) is 0 Å². The molecular weight excluding hydrogens is 393 g/mol. The second-order valence-electron chi connectivity index (χ2n) is 4.07. The lowest BCUT2D eigenvalue weighted by molar-refractivity contribution is 0.870. The summed E-state index contributed by atoms with van der Waals surface area (Å²) in [5.41, 5.74) is 7.73. The monoisotopic (exact) mass is 403 g/mol. The predicted octanol–water partition coefficient (Wildman–Crippen LogP) is 4.86. The summed E-state index contributed by atoms with van der Waals surface area (Å²) in [7, 11) is 0. The summed E-state index contributed by atoms with van der Waals surface area (Å²) in [6.07, 6.45) is 1.85. The summed E-state index contributed by atoms with van der Waals surface area (Å²) < 4.78 is 1.63. The Bertz CT molecular complexity index is 617. The minimum atomic E-state index is 0.454. The van der Waals surface area contributed by atoms with E-state index in [0.717, 1.165) is 33.0 Å². The van der Waals surface area contributed by atoms with Crippen molar-refractivity contribution in [1.29, 1.82) is 0 Å². The maximum atomic E-state index is 5.94. The number of halogens is 3. The van der Waals surface area contributed by atoms with E-state index in [1.807, 2.05) is 18.2 Å². The fourth-order valence-electron chi connectivity index (χ4n) is 1.71. The number of rotatable bonds is 3. The van der Waals surface area contributed by atoms with Crippen LogP contribution in [0.5, 0.6) is 0 Å². The van der Waals surface area contributed by atoms with Gasteiger partial charge in [-0.15, -0.1) is 0 Å². The third-order valence-corrected chi connectivity index (χ3v) is 4.36. The Morgan fingerprint density at radius 3 is 2.63 bits per heavy atom. The summed E-state index contributed by atoms with van der Waals surface area (Å²) >= 11 is 12.8. The molecule has 1 heterocycles. The van der Waals surface area contributed by atoms with Gasteiger partial charge >= 0.3 is 0 Å². The van der Waals surface area contributed by atoms with Gasteiger partial charge in [0, 0.05) is 15.1 Å². The van der Waals surface area contributed by atoms with Crippen molar-refractivity contribution in [2.45, 2.75) is 19.8 Å². The Balaban J connectivity index is 2.56. The maximum Gasteiger partial charge on any atom is 0.162 e. The van der Waals surface area contributed by atoms with Gasteiger partial charge in [0.05, 0.1) is 10.2 Å². The van der Waals surface area contributed by atoms with Crippen molar-refractivity contribution < 1.29 is 0 Å². The minimum Gasteiger partial charge on any atom is -0.383 e. The molecule has 0 saturated carbocycles. The third kappa shape index (κ3) is 3.27. The number of nitrogens with zero attached hydrogens (tertiary/aromatic N) is 2. The molecule has 0 unspecified atom stereocenters. The molecule has 2 rings (SSSR count). The molecule has 100 valence electrons. The molecule has 0 radical (unpaired) electrons. The van der Waals surface area contributed by atoms with Crippen molar-refractivity contribution in [2.75, 3.05) is 5.73 Å². The number of aryl methyl sites for hydroxylation is 1. The molecule has 6 heteroatoms. The van der Waals surface area contributed by atoms with Crippen LogP contribution in [0.4, 0.5) is 5.82 Å². The van der Waals surface area contributed by atoms with Gasteiger partial charge < -0.3 is 5.73 Å². The molecule has 0 spiro atoms. The number of nitrogen functional groups attached to an aromatic ring is 1. The average Bonchev–Trinajstić information content (AvgIpc) is 2.35. The van der Waals surface area contributed by atoms with Crippen LogP contribution in [-0.2, 0) is 6.42 Å². The van der Waals surface area contributed by atoms with Crippen LogP contribution in [0.1, 0.15) is 19.0 Å². The normalized spacial score (nSPS) is 10.7. The number of nitrogens with two attached hydrogens (primary N) is 1. The van der Waals surface area contributed by atoms with E-state index in [-0.39, 0.29) is 0 Å². The van der Waals surface area contributed by atoms with Crippen molar-refractivity contribution in [3.05, 3.63) is 37.9 Å². The molecule has 19 heavy (non-hydrogen) atoms. The van der Waals surface area contributed by atoms with Crippen LogP contribution in [0.3, 0.4) is 0 Å². The molecule has 1 aromatic heterocycles. The Morgan fingerprint density at radius 2 is 2.00 bits per heavy atom. The number of aromatic nitrogens is 2. The average molecular weight is 406 g/mol. The van der Waals surface area contributed by atoms with Gasteiger partial charge in [-0.05, 0) is 56.5 Å². The van der Waals surface area contributed by atoms with E-state index < -0.39 is 0 Å². The Kier molecular flexibility index (Phi) is 4.81. The summed E-state index contributed by atoms with van der Waals surface area (Å²) in [5, 5.41) is 0.662. The summed E-state index contributed by atoms with van der Waals surface area (Å²) in [5.74, 6) is 1.06. The fraction of sp³-hybridized carbons (Fsp3) is 0.231. The molecule has 0 amide bonds. The van der Waals surface area contributed by atoms with E-state index in [0.29, 0.717) is 16.7 Å². The van der Waals surface area contributed by atoms with Gasteiger partial charge in [0.2, 0.25) is 0 Å². The van der Waals surface area contributed by atoms with Crippen LogP contribution in [0.15, 0.2) is 27.1 Å². The molecule has 2 N–H and O–H groups in total. The molecule has 0 atom stereocenters. The van der Waals surface area contributed by atoms with Crippen molar-refractivity contribution in [2.24, 2.45) is 0 Å². The van der Waals surface area contributed by atoms with Gasteiger partial charge in [0.1, 0.15) is 5.82 Å². The molecule has 0 fully saturated rings. The highest BCUT2D eigenvalue weighted by molar-refractivity contribution is 9.11. The number of benzene rings is 1.